The zero-order valence-electron chi connectivity index (χ0n) is 13.4. The van der Waals surface area contributed by atoms with Gasteiger partial charge in [-0.1, -0.05) is 24.3 Å². The maximum atomic E-state index is 14.9. The topological polar surface area (TPSA) is 147 Å². The van der Waals surface area contributed by atoms with Gasteiger partial charge in [-0.3, -0.25) is 14.3 Å². The van der Waals surface area contributed by atoms with Crippen LogP contribution in [0.2, 0.25) is 0 Å². The Bertz CT molecular complexity index is 1110. The Balaban J connectivity index is 2.16. The number of anilines is 1. The van der Waals surface area contributed by atoms with Crippen LogP contribution in [-0.2, 0) is 16.5 Å². The lowest BCUT2D eigenvalue weighted by molar-refractivity contribution is 0.00131. The number of nitrogen functional groups attached to an aromatic ring is 1. The molecule has 1 unspecified atom stereocenters. The molecule has 3 rings (SSSR count). The molecule has 0 radical (unpaired) electrons. The highest BCUT2D eigenvalue weighted by molar-refractivity contribution is 7.53. The minimum absolute atomic E-state index is 0.00346. The molecule has 0 aliphatic carbocycles. The predicted octanol–water partition coefficient (Wildman–Crippen LogP) is 1.32. The minimum atomic E-state index is -5.88. The number of aromatic nitrogens is 4. The molecule has 0 saturated carbocycles. The Morgan fingerprint density at radius 3 is 2.63 bits per heavy atom. The van der Waals surface area contributed by atoms with Gasteiger partial charge in [0.2, 0.25) is 5.95 Å². The first-order chi connectivity index (χ1) is 12.6. The third-order valence-electron chi connectivity index (χ3n) is 3.94. The van der Waals surface area contributed by atoms with E-state index >= 15 is 0 Å². The molecule has 0 bridgehead atoms. The third kappa shape index (κ3) is 3.11. The summed E-state index contributed by atoms with van der Waals surface area (Å²) < 4.78 is 54.2. The molecule has 2 aromatic heterocycles. The van der Waals surface area contributed by atoms with E-state index in [1.54, 1.807) is 0 Å². The van der Waals surface area contributed by atoms with Crippen molar-refractivity contribution < 1.29 is 27.5 Å². The van der Waals surface area contributed by atoms with Crippen molar-refractivity contribution in [2.24, 2.45) is 0 Å². The van der Waals surface area contributed by atoms with Gasteiger partial charge < -0.3 is 20.1 Å². The molecule has 2 heterocycles. The first kappa shape index (κ1) is 19.1. The van der Waals surface area contributed by atoms with Crippen LogP contribution in [0, 0.1) is 0 Å². The van der Waals surface area contributed by atoms with Gasteiger partial charge in [0.15, 0.2) is 11.2 Å². The smallest absolute Gasteiger partial charge is 0.369 e. The number of H-pyrrole nitrogens is 1. The summed E-state index contributed by atoms with van der Waals surface area (Å²) in [6, 6.07) is 4.66. The van der Waals surface area contributed by atoms with E-state index < -0.39 is 30.6 Å². The summed E-state index contributed by atoms with van der Waals surface area (Å²) in [5, 5.41) is -4.19. The zero-order chi connectivity index (χ0) is 20.0. The Morgan fingerprint density at radius 2 is 2.00 bits per heavy atom. The van der Waals surface area contributed by atoms with Gasteiger partial charge in [-0.25, -0.2) is 18.2 Å². The molecule has 0 saturated heterocycles. The number of benzene rings is 1. The molecule has 0 aliphatic heterocycles. The van der Waals surface area contributed by atoms with Crippen LogP contribution in [0.1, 0.15) is 11.1 Å². The molecule has 5 N–H and O–H groups in total. The Labute approximate surface area is 148 Å². The summed E-state index contributed by atoms with van der Waals surface area (Å²) in [6.07, 6.45) is -2.82. The number of nitrogens with two attached hydrogens (primary N) is 1. The van der Waals surface area contributed by atoms with Crippen molar-refractivity contribution >= 4 is 24.7 Å². The second-order valence-electron chi connectivity index (χ2n) is 5.67. The Hall–Kier alpha value is -2.69. The third-order valence-corrected chi connectivity index (χ3v) is 5.23. The number of imidazole rings is 1. The monoisotopic (exact) mass is 403 g/mol. The normalized spacial score (nSPS) is 14.6. The highest BCUT2D eigenvalue weighted by atomic mass is 31.2. The number of hydrogen-bond acceptors (Lipinski definition) is 5. The quantitative estimate of drug-likeness (QED) is 0.470. The standard InChI is InChI=1S/C14H13F3N5O4P/c15-12(16)14(17,27(24,25)26)8-4-2-1-3-7(8)5-22-6-19-9-10(22)20-13(18)21-11(9)23/h1-4,6,12H,5H2,(H2,24,25,26)(H3,18,20,21,23). The SMILES string of the molecule is Nc1nc2c(ncn2Cc2ccccc2C(F)(C(F)F)P(=O)(O)O)c(=O)[nH]1. The zero-order valence-corrected chi connectivity index (χ0v) is 14.3. The van der Waals surface area contributed by atoms with Crippen LogP contribution in [0.3, 0.4) is 0 Å². The summed E-state index contributed by atoms with van der Waals surface area (Å²) in [5.41, 5.74) is 3.74. The summed E-state index contributed by atoms with van der Waals surface area (Å²) in [6.45, 7) is -0.332. The molecule has 144 valence electrons. The molecule has 0 aliphatic rings. The fourth-order valence-electron chi connectivity index (χ4n) is 2.67. The lowest BCUT2D eigenvalue weighted by Gasteiger charge is -2.27. The van der Waals surface area contributed by atoms with Gasteiger partial charge in [-0.05, 0) is 5.56 Å². The maximum absolute atomic E-state index is 14.9. The molecule has 3 aromatic rings. The molecule has 0 fully saturated rings. The summed E-state index contributed by atoms with van der Waals surface area (Å²) in [4.78, 5) is 40.2. The Morgan fingerprint density at radius 1 is 1.33 bits per heavy atom. The molecule has 0 spiro atoms. The van der Waals surface area contributed by atoms with E-state index in [2.05, 4.69) is 15.0 Å². The number of halogens is 3. The van der Waals surface area contributed by atoms with Crippen LogP contribution in [0.4, 0.5) is 19.1 Å². The molecule has 13 heteroatoms. The van der Waals surface area contributed by atoms with E-state index in [4.69, 9.17) is 5.73 Å². The van der Waals surface area contributed by atoms with Crippen molar-refractivity contribution in [2.45, 2.75) is 18.4 Å². The van der Waals surface area contributed by atoms with Crippen LogP contribution in [0.5, 0.6) is 0 Å². The second-order valence-corrected chi connectivity index (χ2v) is 7.41. The fraction of sp³-hybridized carbons (Fsp3) is 0.214. The van der Waals surface area contributed by atoms with Crippen molar-refractivity contribution in [1.29, 1.82) is 0 Å². The van der Waals surface area contributed by atoms with Gasteiger partial charge in [0, 0.05) is 5.56 Å². The van der Waals surface area contributed by atoms with E-state index in [1.807, 2.05) is 0 Å². The average Bonchev–Trinajstić information content (AvgIpc) is 2.96. The molecular formula is C14H13F3N5O4P. The van der Waals surface area contributed by atoms with Crippen LogP contribution in [0.25, 0.3) is 11.2 Å². The molecule has 1 aromatic carbocycles. The van der Waals surface area contributed by atoms with Crippen LogP contribution >= 0.6 is 7.60 Å². The molecule has 27 heavy (non-hydrogen) atoms. The highest BCUT2D eigenvalue weighted by Gasteiger charge is 2.58. The van der Waals surface area contributed by atoms with Crippen molar-refractivity contribution in [3.05, 3.63) is 52.1 Å². The van der Waals surface area contributed by atoms with E-state index in [0.717, 1.165) is 12.4 Å². The second kappa shape index (κ2) is 6.48. The Kier molecular flexibility index (Phi) is 4.58. The average molecular weight is 403 g/mol. The van der Waals surface area contributed by atoms with Crippen molar-refractivity contribution in [3.8, 4) is 0 Å². The molecule has 1 atom stereocenters. The lowest BCUT2D eigenvalue weighted by atomic mass is 10.0. The maximum Gasteiger partial charge on any atom is 0.373 e. The van der Waals surface area contributed by atoms with Crippen LogP contribution < -0.4 is 11.3 Å². The van der Waals surface area contributed by atoms with Gasteiger partial charge in [-0.2, -0.15) is 4.98 Å². The predicted molar refractivity (Wildman–Crippen MR) is 88.9 cm³/mol. The van der Waals surface area contributed by atoms with Gasteiger partial charge in [0.05, 0.1) is 12.9 Å². The first-order valence-corrected chi connectivity index (χ1v) is 8.98. The van der Waals surface area contributed by atoms with Crippen molar-refractivity contribution in [3.63, 3.8) is 0 Å². The first-order valence-electron chi connectivity index (χ1n) is 7.37. The van der Waals surface area contributed by atoms with Gasteiger partial charge in [-0.15, -0.1) is 0 Å². The van der Waals surface area contributed by atoms with Gasteiger partial charge in [0.1, 0.15) is 0 Å². The van der Waals surface area contributed by atoms with Gasteiger partial charge >= 0.3 is 7.60 Å². The lowest BCUT2D eigenvalue weighted by Crippen LogP contribution is -2.31. The summed E-state index contributed by atoms with van der Waals surface area (Å²) in [7, 11) is -5.88. The van der Waals surface area contributed by atoms with E-state index in [-0.39, 0.29) is 29.2 Å². The number of fused-ring (bicyclic) bond motifs is 1. The number of aromatic amines is 1. The fourth-order valence-corrected chi connectivity index (χ4v) is 3.46. The number of rotatable bonds is 5. The molecular weight excluding hydrogens is 390 g/mol. The number of nitrogens with zero attached hydrogens (tertiary/aromatic N) is 3. The molecule has 0 amide bonds. The summed E-state index contributed by atoms with van der Waals surface area (Å²) >= 11 is 0. The molecule has 9 nitrogen and oxygen atoms in total. The largest absolute Gasteiger partial charge is 0.373 e. The number of nitrogens with one attached hydrogen (secondary N) is 1. The van der Waals surface area contributed by atoms with E-state index in [0.29, 0.717) is 0 Å². The van der Waals surface area contributed by atoms with Gasteiger partial charge in [0.25, 0.3) is 17.4 Å². The minimum Gasteiger partial charge on any atom is -0.369 e. The van der Waals surface area contributed by atoms with Crippen molar-refractivity contribution in [1.82, 2.24) is 19.5 Å². The van der Waals surface area contributed by atoms with Crippen LogP contribution in [0.15, 0.2) is 35.4 Å². The summed E-state index contributed by atoms with van der Waals surface area (Å²) in [5.74, 6) is -0.217. The van der Waals surface area contributed by atoms with E-state index in [9.17, 15) is 32.3 Å². The van der Waals surface area contributed by atoms with E-state index in [1.165, 1.54) is 22.8 Å². The van der Waals surface area contributed by atoms with Crippen molar-refractivity contribution in [2.75, 3.05) is 5.73 Å². The highest BCUT2D eigenvalue weighted by Crippen LogP contribution is 2.61. The van der Waals surface area contributed by atoms with Crippen LogP contribution in [-0.4, -0.2) is 35.7 Å². The number of alkyl halides is 3. The number of hydrogen-bond donors (Lipinski definition) is 4.